The maximum Gasteiger partial charge on any atom is 0.343 e. The lowest BCUT2D eigenvalue weighted by Crippen LogP contribution is -2.13. The van der Waals surface area contributed by atoms with Gasteiger partial charge in [0.2, 0.25) is 0 Å². The zero-order valence-corrected chi connectivity index (χ0v) is 29.5. The Bertz CT molecular complexity index is 2350. The van der Waals surface area contributed by atoms with Crippen molar-refractivity contribution in [1.82, 2.24) is 15.0 Å². The highest BCUT2D eigenvalue weighted by molar-refractivity contribution is 5.92. The molecule has 270 valence electrons. The Balaban J connectivity index is 1.39. The SMILES string of the molecule is COc1cc2c(cc1OC(=O)c1ccncc1)Cc1cc(OC)c(OC(=O)c3ccncc3)cc1Cc1ccc(OC)c(OC(=O)c3ccncc3)c1C2. The van der Waals surface area contributed by atoms with Crippen LogP contribution in [0.4, 0.5) is 0 Å². The van der Waals surface area contributed by atoms with Crippen molar-refractivity contribution < 1.29 is 42.8 Å². The zero-order valence-electron chi connectivity index (χ0n) is 29.5. The zero-order chi connectivity index (χ0) is 37.6. The third kappa shape index (κ3) is 7.44. The molecule has 0 aliphatic heterocycles. The predicted molar refractivity (Wildman–Crippen MR) is 195 cm³/mol. The highest BCUT2D eigenvalue weighted by atomic mass is 16.6. The number of carbonyl (C=O) groups excluding carboxylic acids is 3. The van der Waals surface area contributed by atoms with Crippen molar-refractivity contribution in [3.8, 4) is 34.5 Å². The number of benzene rings is 3. The van der Waals surface area contributed by atoms with Gasteiger partial charge < -0.3 is 28.4 Å². The molecule has 1 aliphatic rings. The maximum absolute atomic E-state index is 13.5. The Morgan fingerprint density at radius 3 is 1.22 bits per heavy atom. The first-order chi connectivity index (χ1) is 26.3. The summed E-state index contributed by atoms with van der Waals surface area (Å²) in [6.45, 7) is 0. The molecule has 0 saturated carbocycles. The van der Waals surface area contributed by atoms with Gasteiger partial charge in [-0.25, -0.2) is 14.4 Å². The minimum Gasteiger partial charge on any atom is -0.493 e. The summed E-state index contributed by atoms with van der Waals surface area (Å²) in [4.78, 5) is 51.9. The molecule has 54 heavy (non-hydrogen) atoms. The van der Waals surface area contributed by atoms with Gasteiger partial charge in [0.1, 0.15) is 0 Å². The van der Waals surface area contributed by atoms with Crippen LogP contribution in [-0.4, -0.2) is 54.2 Å². The van der Waals surface area contributed by atoms with Gasteiger partial charge >= 0.3 is 17.9 Å². The van der Waals surface area contributed by atoms with Gasteiger partial charge in [-0.3, -0.25) is 15.0 Å². The molecule has 7 rings (SSSR count). The minimum absolute atomic E-state index is 0.212. The van der Waals surface area contributed by atoms with E-state index in [1.165, 1.54) is 58.5 Å². The Labute approximate surface area is 310 Å². The topological polar surface area (TPSA) is 145 Å². The molecule has 3 aromatic carbocycles. The lowest BCUT2D eigenvalue weighted by Gasteiger charge is -2.19. The molecule has 0 spiro atoms. The van der Waals surface area contributed by atoms with Crippen molar-refractivity contribution in [2.24, 2.45) is 0 Å². The lowest BCUT2D eigenvalue weighted by molar-refractivity contribution is 0.0719. The Morgan fingerprint density at radius 2 is 0.796 bits per heavy atom. The first-order valence-corrected chi connectivity index (χ1v) is 16.8. The lowest BCUT2D eigenvalue weighted by atomic mass is 9.93. The molecular formula is C42H33N3O9. The first-order valence-electron chi connectivity index (χ1n) is 16.8. The van der Waals surface area contributed by atoms with E-state index in [0.717, 1.165) is 27.8 Å². The number of fused-ring (bicyclic) bond motifs is 3. The predicted octanol–water partition coefficient (Wildman–Crippen LogP) is 6.64. The Kier molecular flexibility index (Phi) is 10.2. The highest BCUT2D eigenvalue weighted by Crippen LogP contribution is 2.43. The van der Waals surface area contributed by atoms with Crippen LogP contribution < -0.4 is 28.4 Å². The summed E-state index contributed by atoms with van der Waals surface area (Å²) in [6, 6.07) is 20.3. The number of aromatic nitrogens is 3. The fraction of sp³-hybridized carbons (Fsp3) is 0.143. The second-order valence-electron chi connectivity index (χ2n) is 12.2. The molecule has 0 saturated heterocycles. The van der Waals surface area contributed by atoms with Gasteiger partial charge in [-0.1, -0.05) is 6.07 Å². The number of carbonyl (C=O) groups is 3. The van der Waals surface area contributed by atoms with Gasteiger partial charge in [0.25, 0.3) is 0 Å². The van der Waals surface area contributed by atoms with Gasteiger partial charge in [-0.2, -0.15) is 0 Å². The van der Waals surface area contributed by atoms with E-state index in [1.54, 1.807) is 54.6 Å². The molecule has 0 atom stereocenters. The Morgan fingerprint density at radius 1 is 0.426 bits per heavy atom. The summed E-state index contributed by atoms with van der Waals surface area (Å²) < 4.78 is 35.1. The molecule has 0 N–H and O–H groups in total. The monoisotopic (exact) mass is 723 g/mol. The van der Waals surface area contributed by atoms with E-state index in [9.17, 15) is 14.4 Å². The van der Waals surface area contributed by atoms with Crippen LogP contribution in [0.5, 0.6) is 34.5 Å². The van der Waals surface area contributed by atoms with Crippen LogP contribution in [0.1, 0.15) is 64.5 Å². The summed E-state index contributed by atoms with van der Waals surface area (Å²) in [7, 11) is 4.50. The summed E-state index contributed by atoms with van der Waals surface area (Å²) in [5.74, 6) is -0.0414. The summed E-state index contributed by atoms with van der Waals surface area (Å²) in [5.41, 5.74) is 5.73. The summed E-state index contributed by atoms with van der Waals surface area (Å²) >= 11 is 0. The fourth-order valence-electron chi connectivity index (χ4n) is 6.24. The number of nitrogens with zero attached hydrogens (tertiary/aromatic N) is 3. The number of methoxy groups -OCH3 is 3. The van der Waals surface area contributed by atoms with Gasteiger partial charge in [-0.05, 0) is 107 Å². The fourth-order valence-corrected chi connectivity index (χ4v) is 6.24. The van der Waals surface area contributed by atoms with Crippen LogP contribution in [0.25, 0.3) is 0 Å². The molecule has 3 heterocycles. The standard InChI is InChI=1S/C42H33N3O9/c1-49-34-5-4-28-18-29-23-37(52-40(46)25-6-12-43-13-7-25)35(50-2)21-30(29)19-31-24-38(53-41(47)26-8-14-44-15-9-26)36(51-3)22-32(31)20-33(28)39(34)54-42(48)27-10-16-45-17-11-27/h4-17,21-24H,18-20H2,1-3H3. The molecule has 12 heteroatoms. The van der Waals surface area contributed by atoms with Crippen LogP contribution in [0.2, 0.25) is 0 Å². The number of rotatable bonds is 9. The van der Waals surface area contributed by atoms with Crippen molar-refractivity contribution in [2.45, 2.75) is 19.3 Å². The van der Waals surface area contributed by atoms with Crippen LogP contribution in [0.3, 0.4) is 0 Å². The van der Waals surface area contributed by atoms with Crippen LogP contribution >= 0.6 is 0 Å². The maximum atomic E-state index is 13.5. The van der Waals surface area contributed by atoms with Gasteiger partial charge in [0, 0.05) is 49.2 Å². The number of ether oxygens (including phenoxy) is 6. The van der Waals surface area contributed by atoms with E-state index < -0.39 is 17.9 Å². The second kappa shape index (κ2) is 15.7. The first kappa shape index (κ1) is 35.3. The van der Waals surface area contributed by atoms with Gasteiger partial charge in [0.05, 0.1) is 38.0 Å². The largest absolute Gasteiger partial charge is 0.493 e. The number of hydrogen-bond acceptors (Lipinski definition) is 12. The van der Waals surface area contributed by atoms with Crippen molar-refractivity contribution in [2.75, 3.05) is 21.3 Å². The number of hydrogen-bond donors (Lipinski definition) is 0. The van der Waals surface area contributed by atoms with Crippen LogP contribution in [-0.2, 0) is 19.3 Å². The third-order valence-electron chi connectivity index (χ3n) is 8.99. The third-order valence-corrected chi connectivity index (χ3v) is 8.99. The molecule has 0 amide bonds. The van der Waals surface area contributed by atoms with Crippen LogP contribution in [0, 0.1) is 0 Å². The quantitative estimate of drug-likeness (QED) is 0.116. The molecule has 3 aromatic heterocycles. The molecule has 6 aromatic rings. The highest BCUT2D eigenvalue weighted by Gasteiger charge is 2.27. The summed E-state index contributed by atoms with van der Waals surface area (Å²) in [5, 5.41) is 0. The summed E-state index contributed by atoms with van der Waals surface area (Å²) in [6.07, 6.45) is 10.1. The van der Waals surface area contributed by atoms with E-state index in [1.807, 2.05) is 18.2 Å². The van der Waals surface area contributed by atoms with E-state index in [-0.39, 0.29) is 23.7 Å². The van der Waals surface area contributed by atoms with E-state index >= 15 is 0 Å². The van der Waals surface area contributed by atoms with E-state index in [2.05, 4.69) is 15.0 Å². The number of esters is 3. The van der Waals surface area contributed by atoms with Crippen molar-refractivity contribution in [3.05, 3.63) is 160 Å². The molecule has 0 bridgehead atoms. The second-order valence-corrected chi connectivity index (χ2v) is 12.2. The smallest absolute Gasteiger partial charge is 0.343 e. The normalized spacial score (nSPS) is 11.6. The van der Waals surface area contributed by atoms with Crippen LogP contribution in [0.15, 0.2) is 110 Å². The average molecular weight is 724 g/mol. The molecule has 0 fully saturated rings. The molecule has 0 radical (unpaired) electrons. The van der Waals surface area contributed by atoms with E-state index in [4.69, 9.17) is 28.4 Å². The van der Waals surface area contributed by atoms with Crippen molar-refractivity contribution in [1.29, 1.82) is 0 Å². The van der Waals surface area contributed by atoms with Crippen molar-refractivity contribution in [3.63, 3.8) is 0 Å². The molecule has 1 aliphatic carbocycles. The Hall–Kier alpha value is -7.08. The molecule has 0 unspecified atom stereocenters. The molecule has 12 nitrogen and oxygen atoms in total. The minimum atomic E-state index is -0.587. The van der Waals surface area contributed by atoms with Gasteiger partial charge in [0.15, 0.2) is 34.5 Å². The van der Waals surface area contributed by atoms with E-state index in [0.29, 0.717) is 52.3 Å². The number of pyridine rings is 3. The molecular weight excluding hydrogens is 690 g/mol. The van der Waals surface area contributed by atoms with Crippen molar-refractivity contribution >= 4 is 17.9 Å². The average Bonchev–Trinajstić information content (AvgIpc) is 3.27. The van der Waals surface area contributed by atoms with Gasteiger partial charge in [-0.15, -0.1) is 0 Å².